The van der Waals surface area contributed by atoms with E-state index in [1.54, 1.807) is 16.8 Å². The van der Waals surface area contributed by atoms with Gasteiger partial charge in [-0.1, -0.05) is 18.2 Å². The molecule has 1 aromatic carbocycles. The molecule has 1 heterocycles. The largest absolute Gasteiger partial charge is 0.385 e. The Morgan fingerprint density at radius 1 is 1.24 bits per heavy atom. The summed E-state index contributed by atoms with van der Waals surface area (Å²) in [5, 5.41) is 10.2. The van der Waals surface area contributed by atoms with Crippen molar-refractivity contribution in [3.05, 3.63) is 29.8 Å². The van der Waals surface area contributed by atoms with Crippen LogP contribution in [0, 0.1) is 0 Å². The molecule has 1 aromatic rings. The number of nitrogens with zero attached hydrogens (tertiary/aromatic N) is 2. The average molecular weight is 232 g/mol. The molecule has 0 bridgehead atoms. The van der Waals surface area contributed by atoms with Gasteiger partial charge in [-0.15, -0.1) is 0 Å². The molecular weight excluding hydrogens is 216 g/mol. The van der Waals surface area contributed by atoms with E-state index in [2.05, 4.69) is 0 Å². The lowest BCUT2D eigenvalue weighted by Gasteiger charge is -2.22. The first-order valence-electron chi connectivity index (χ1n) is 5.96. The van der Waals surface area contributed by atoms with Gasteiger partial charge in [0, 0.05) is 25.7 Å². The molecule has 0 atom stereocenters. The van der Waals surface area contributed by atoms with Gasteiger partial charge >= 0.3 is 6.03 Å². The molecule has 0 radical (unpaired) electrons. The minimum atomic E-state index is -0.696. The highest BCUT2D eigenvalue weighted by molar-refractivity contribution is 5.95. The predicted molar refractivity (Wildman–Crippen MR) is 64.9 cm³/mol. The third-order valence-electron chi connectivity index (χ3n) is 3.64. The first-order valence-corrected chi connectivity index (χ1v) is 5.96. The number of para-hydroxylation sites is 1. The van der Waals surface area contributed by atoms with E-state index in [1.807, 2.05) is 24.3 Å². The van der Waals surface area contributed by atoms with Crippen molar-refractivity contribution >= 4 is 11.7 Å². The Kier molecular flexibility index (Phi) is 2.16. The van der Waals surface area contributed by atoms with Gasteiger partial charge in [-0.2, -0.15) is 0 Å². The van der Waals surface area contributed by atoms with E-state index in [0.29, 0.717) is 6.54 Å². The van der Waals surface area contributed by atoms with Crippen molar-refractivity contribution in [3.63, 3.8) is 0 Å². The number of hydrogen-bond donors (Lipinski definition) is 1. The summed E-state index contributed by atoms with van der Waals surface area (Å²) in [4.78, 5) is 15.4. The van der Waals surface area contributed by atoms with Gasteiger partial charge in [0.1, 0.15) is 0 Å². The number of benzene rings is 1. The second-order valence-electron chi connectivity index (χ2n) is 4.90. The molecule has 0 aromatic heterocycles. The molecule has 90 valence electrons. The maximum Gasteiger partial charge on any atom is 0.324 e. The van der Waals surface area contributed by atoms with Gasteiger partial charge in [0.05, 0.1) is 11.3 Å². The normalized spacial score (nSPS) is 22.1. The molecule has 2 amide bonds. The average Bonchev–Trinajstić information content (AvgIpc) is 3.00. The lowest BCUT2D eigenvalue weighted by atomic mass is 10.0. The maximum atomic E-state index is 12.0. The van der Waals surface area contributed by atoms with Crippen LogP contribution in [-0.2, 0) is 5.60 Å². The minimum absolute atomic E-state index is 0.0155. The van der Waals surface area contributed by atoms with Crippen LogP contribution in [0.4, 0.5) is 10.5 Å². The summed E-state index contributed by atoms with van der Waals surface area (Å²) in [5.41, 5.74) is 1.06. The van der Waals surface area contributed by atoms with E-state index in [-0.39, 0.29) is 6.03 Å². The molecule has 4 heteroatoms. The zero-order valence-corrected chi connectivity index (χ0v) is 9.89. The van der Waals surface area contributed by atoms with Gasteiger partial charge in [-0.3, -0.25) is 4.90 Å². The number of amides is 2. The van der Waals surface area contributed by atoms with Crippen LogP contribution < -0.4 is 4.90 Å². The Morgan fingerprint density at radius 3 is 2.53 bits per heavy atom. The zero-order valence-electron chi connectivity index (χ0n) is 9.89. The third-order valence-corrected chi connectivity index (χ3v) is 3.64. The molecule has 1 N–H and O–H groups in total. The number of rotatable bonds is 2. The third kappa shape index (κ3) is 1.60. The van der Waals surface area contributed by atoms with E-state index in [9.17, 15) is 9.90 Å². The Labute approximate surface area is 100 Å². The molecule has 0 spiro atoms. The predicted octanol–water partition coefficient (Wildman–Crippen LogP) is 1.54. The fourth-order valence-electron chi connectivity index (χ4n) is 2.36. The molecule has 1 aliphatic heterocycles. The molecule has 2 fully saturated rings. The van der Waals surface area contributed by atoms with E-state index in [4.69, 9.17) is 0 Å². The zero-order chi connectivity index (χ0) is 12.0. The fraction of sp³-hybridized carbons (Fsp3) is 0.462. The highest BCUT2D eigenvalue weighted by Gasteiger charge is 2.45. The van der Waals surface area contributed by atoms with Crippen LogP contribution in [0.5, 0.6) is 0 Å². The van der Waals surface area contributed by atoms with Gasteiger partial charge in [0.2, 0.25) is 0 Å². The topological polar surface area (TPSA) is 43.8 Å². The Balaban J connectivity index is 2.01. The Bertz CT molecular complexity index is 468. The maximum absolute atomic E-state index is 12.0. The molecule has 4 nitrogen and oxygen atoms in total. The second kappa shape index (κ2) is 3.47. The number of carbonyl (C=O) groups is 1. The monoisotopic (exact) mass is 232 g/mol. The molecule has 2 aliphatic rings. The van der Waals surface area contributed by atoms with Crippen LogP contribution >= 0.6 is 0 Å². The fourth-order valence-corrected chi connectivity index (χ4v) is 2.36. The number of aliphatic hydroxyl groups is 1. The number of likely N-dealkylation sites (N-methyl/N-ethyl adjacent to an activating group) is 1. The van der Waals surface area contributed by atoms with Gasteiger partial charge in [-0.25, -0.2) is 4.79 Å². The van der Waals surface area contributed by atoms with E-state index in [0.717, 1.165) is 30.6 Å². The summed E-state index contributed by atoms with van der Waals surface area (Å²) in [6, 6.07) is 7.69. The summed E-state index contributed by atoms with van der Waals surface area (Å²) >= 11 is 0. The number of urea groups is 1. The van der Waals surface area contributed by atoms with Crippen LogP contribution in [0.15, 0.2) is 24.3 Å². The van der Waals surface area contributed by atoms with Crippen LogP contribution in [0.2, 0.25) is 0 Å². The lowest BCUT2D eigenvalue weighted by Crippen LogP contribution is -2.30. The Hall–Kier alpha value is -1.55. The van der Waals surface area contributed by atoms with Crippen molar-refractivity contribution in [1.29, 1.82) is 0 Å². The number of carbonyl (C=O) groups excluding carboxylic acids is 1. The van der Waals surface area contributed by atoms with Crippen LogP contribution in [0.25, 0.3) is 0 Å². The number of anilines is 1. The van der Waals surface area contributed by atoms with E-state index < -0.39 is 5.60 Å². The van der Waals surface area contributed by atoms with E-state index >= 15 is 0 Å². The summed E-state index contributed by atoms with van der Waals surface area (Å²) in [6.45, 7) is 1.44. The van der Waals surface area contributed by atoms with Crippen molar-refractivity contribution in [2.45, 2.75) is 18.4 Å². The van der Waals surface area contributed by atoms with Crippen molar-refractivity contribution in [2.24, 2.45) is 0 Å². The van der Waals surface area contributed by atoms with Crippen LogP contribution in [-0.4, -0.2) is 36.2 Å². The first kappa shape index (κ1) is 10.6. The molecule has 1 saturated carbocycles. The summed E-state index contributed by atoms with van der Waals surface area (Å²) in [6.07, 6.45) is 1.59. The van der Waals surface area contributed by atoms with Gasteiger partial charge in [0.15, 0.2) is 0 Å². The SMILES string of the molecule is CN1CCN(c2ccccc2C2(O)CC2)C1=O. The molecule has 1 aliphatic carbocycles. The molecule has 0 unspecified atom stereocenters. The molecule has 17 heavy (non-hydrogen) atoms. The van der Waals surface area contributed by atoms with Gasteiger partial charge < -0.3 is 10.0 Å². The molecule has 1 saturated heterocycles. The van der Waals surface area contributed by atoms with E-state index in [1.165, 1.54) is 0 Å². The Morgan fingerprint density at radius 2 is 1.94 bits per heavy atom. The van der Waals surface area contributed by atoms with Crippen molar-refractivity contribution in [3.8, 4) is 0 Å². The standard InChI is InChI=1S/C13H16N2O2/c1-14-8-9-15(12(14)16)11-5-3-2-4-10(11)13(17)6-7-13/h2-5,17H,6-9H2,1H3. The minimum Gasteiger partial charge on any atom is -0.385 e. The summed E-state index contributed by atoms with van der Waals surface area (Å²) < 4.78 is 0. The molecule has 3 rings (SSSR count). The quantitative estimate of drug-likeness (QED) is 0.840. The highest BCUT2D eigenvalue weighted by atomic mass is 16.3. The smallest absolute Gasteiger partial charge is 0.324 e. The lowest BCUT2D eigenvalue weighted by molar-refractivity contribution is 0.152. The van der Waals surface area contributed by atoms with Crippen LogP contribution in [0.3, 0.4) is 0 Å². The second-order valence-corrected chi connectivity index (χ2v) is 4.90. The van der Waals surface area contributed by atoms with Gasteiger partial charge in [0.25, 0.3) is 0 Å². The van der Waals surface area contributed by atoms with Crippen LogP contribution in [0.1, 0.15) is 18.4 Å². The van der Waals surface area contributed by atoms with Crippen molar-refractivity contribution in [1.82, 2.24) is 4.90 Å². The molecular formula is C13H16N2O2. The first-order chi connectivity index (χ1) is 8.12. The number of hydrogen-bond acceptors (Lipinski definition) is 2. The van der Waals surface area contributed by atoms with Crippen molar-refractivity contribution in [2.75, 3.05) is 25.0 Å². The summed E-state index contributed by atoms with van der Waals surface area (Å²) in [5.74, 6) is 0. The van der Waals surface area contributed by atoms with Crippen molar-refractivity contribution < 1.29 is 9.90 Å². The highest BCUT2D eigenvalue weighted by Crippen LogP contribution is 2.48. The summed E-state index contributed by atoms with van der Waals surface area (Å²) in [7, 11) is 1.80. The van der Waals surface area contributed by atoms with Gasteiger partial charge in [-0.05, 0) is 18.9 Å².